The molecular weight excluding hydrogens is 746 g/mol. The highest BCUT2D eigenvalue weighted by Crippen LogP contribution is 2.42. The normalized spacial score (nSPS) is 20.5. The second-order valence-corrected chi connectivity index (χ2v) is 16.2. The van der Waals surface area contributed by atoms with E-state index in [-0.39, 0.29) is 47.9 Å². The van der Waals surface area contributed by atoms with Crippen LogP contribution in [0.3, 0.4) is 0 Å². The molecule has 1 saturated carbocycles. The van der Waals surface area contributed by atoms with Gasteiger partial charge in [-0.1, -0.05) is 61.2 Å². The summed E-state index contributed by atoms with van der Waals surface area (Å²) in [5.41, 5.74) is 3.42. The number of aliphatic hydroxyl groups is 1. The number of anilines is 1. The number of carbonyl (C=O) groups excluding carboxylic acids is 2. The van der Waals surface area contributed by atoms with E-state index in [1.165, 1.54) is 12.1 Å². The van der Waals surface area contributed by atoms with Crippen LogP contribution in [0.2, 0.25) is 5.02 Å². The van der Waals surface area contributed by atoms with Gasteiger partial charge in [0.25, 0.3) is 0 Å². The first-order valence-corrected chi connectivity index (χ1v) is 20.6. The zero-order chi connectivity index (χ0) is 39.9. The van der Waals surface area contributed by atoms with Crippen molar-refractivity contribution in [2.24, 2.45) is 5.92 Å². The summed E-state index contributed by atoms with van der Waals surface area (Å²) in [7, 11) is 1.55. The van der Waals surface area contributed by atoms with Crippen molar-refractivity contribution < 1.29 is 29.3 Å². The number of hydrogen-bond donors (Lipinski definition) is 6. The van der Waals surface area contributed by atoms with Gasteiger partial charge in [-0.05, 0) is 92.4 Å². The Balaban J connectivity index is 0.876. The molecule has 8 rings (SSSR count). The molecule has 0 spiro atoms. The van der Waals surface area contributed by atoms with E-state index in [0.717, 1.165) is 94.1 Å². The molecule has 3 aliphatic heterocycles. The number of carbonyl (C=O) groups is 2. The number of nitrogens with one attached hydrogen (secondary N) is 4. The topological polar surface area (TPSA) is 165 Å². The highest BCUT2D eigenvalue weighted by Gasteiger charge is 2.46. The first kappa shape index (κ1) is 40.6. The van der Waals surface area contributed by atoms with Gasteiger partial charge in [0.05, 0.1) is 41.4 Å². The quantitative estimate of drug-likeness (QED) is 0.0611. The Morgan fingerprint density at radius 3 is 2.61 bits per heavy atom. The predicted molar refractivity (Wildman–Crippen MR) is 221 cm³/mol. The molecule has 0 unspecified atom stereocenters. The lowest BCUT2D eigenvalue weighted by Crippen LogP contribution is -2.53. The number of ether oxygens (including phenoxy) is 2. The average molecular weight is 800 g/mol. The third-order valence-corrected chi connectivity index (χ3v) is 12.4. The minimum atomic E-state index is -0.922. The van der Waals surface area contributed by atoms with Crippen LogP contribution in [0.5, 0.6) is 11.5 Å². The number of H-pyrrole nitrogens is 1. The van der Waals surface area contributed by atoms with E-state index in [0.29, 0.717) is 46.4 Å². The van der Waals surface area contributed by atoms with Gasteiger partial charge >= 0.3 is 5.97 Å². The number of rotatable bonds is 16. The molecule has 2 bridgehead atoms. The number of pyridine rings is 1. The van der Waals surface area contributed by atoms with Gasteiger partial charge in [0, 0.05) is 49.3 Å². The van der Waals surface area contributed by atoms with Gasteiger partial charge in [0.2, 0.25) is 11.5 Å². The first-order valence-electron chi connectivity index (χ1n) is 20.3. The third kappa shape index (κ3) is 9.41. The van der Waals surface area contributed by atoms with Gasteiger partial charge in [-0.15, -0.1) is 0 Å². The van der Waals surface area contributed by atoms with E-state index in [1.807, 2.05) is 0 Å². The molecule has 12 nitrogen and oxygen atoms in total. The molecule has 13 heteroatoms. The Labute approximate surface area is 338 Å². The van der Waals surface area contributed by atoms with Gasteiger partial charge in [-0.25, -0.2) is 0 Å². The predicted octanol–water partition coefficient (Wildman–Crippen LogP) is 5.72. The monoisotopic (exact) mass is 799 g/mol. The number of phenols is 1. The second kappa shape index (κ2) is 18.3. The van der Waals surface area contributed by atoms with Crippen molar-refractivity contribution in [3.8, 4) is 11.5 Å². The number of benzene rings is 3. The number of aromatic nitrogens is 1. The number of phenolic OH excluding ortho intramolecular Hbond substituents is 1. The van der Waals surface area contributed by atoms with Gasteiger partial charge in [0.15, 0.2) is 0 Å². The standard InChI is InChI=1S/C44H54ClN5O7/c1-56-38-23-35(34(45)22-30(38)24-46-25-37(52)32-10-12-36(51)42-33(32)11-13-40(53)49-42)48-26-41(54)47-18-6-8-28-7-5-9-31(21-28)44(16-3-2-4-17-44)43(55)57-39-27-50-19-14-29(39)15-20-50/h5,7,9-13,21-23,29,37,39,46,48,51-52H,2-4,6,8,14-20,24-27H2,1H3,(H,47,54)(H,49,53)/t37-,39-/m0/s1. The number of halogens is 1. The van der Waals surface area contributed by atoms with E-state index >= 15 is 0 Å². The fourth-order valence-electron chi connectivity index (χ4n) is 8.90. The summed E-state index contributed by atoms with van der Waals surface area (Å²) in [6.45, 7) is 4.14. The van der Waals surface area contributed by atoms with Crippen LogP contribution < -0.4 is 26.2 Å². The number of aliphatic hydroxyl groups excluding tert-OH is 1. The van der Waals surface area contributed by atoms with Gasteiger partial charge < -0.3 is 40.6 Å². The van der Waals surface area contributed by atoms with Crippen molar-refractivity contribution in [1.29, 1.82) is 0 Å². The maximum absolute atomic E-state index is 14.0. The zero-order valence-electron chi connectivity index (χ0n) is 32.6. The molecule has 4 aliphatic rings. The number of esters is 1. The van der Waals surface area contributed by atoms with Crippen molar-refractivity contribution in [2.75, 3.05) is 51.7 Å². The molecule has 57 heavy (non-hydrogen) atoms. The van der Waals surface area contributed by atoms with E-state index in [4.69, 9.17) is 21.1 Å². The van der Waals surface area contributed by atoms with Crippen LogP contribution >= 0.6 is 11.6 Å². The van der Waals surface area contributed by atoms with Crippen molar-refractivity contribution in [3.05, 3.63) is 98.3 Å². The summed E-state index contributed by atoms with van der Waals surface area (Å²) < 4.78 is 12.0. The van der Waals surface area contributed by atoms with Crippen LogP contribution in [-0.4, -0.2) is 84.5 Å². The maximum atomic E-state index is 14.0. The number of piperidine rings is 3. The average Bonchev–Trinajstić information content (AvgIpc) is 3.23. The molecular formula is C44H54ClN5O7. The summed E-state index contributed by atoms with van der Waals surface area (Å²) in [5, 5.41) is 31.4. The second-order valence-electron chi connectivity index (χ2n) is 15.8. The van der Waals surface area contributed by atoms with E-state index in [9.17, 15) is 24.6 Å². The molecule has 6 N–H and O–H groups in total. The van der Waals surface area contributed by atoms with Crippen molar-refractivity contribution >= 4 is 40.1 Å². The Morgan fingerprint density at radius 1 is 1.05 bits per heavy atom. The molecule has 1 aromatic heterocycles. The molecule has 3 saturated heterocycles. The smallest absolute Gasteiger partial charge is 0.316 e. The highest BCUT2D eigenvalue weighted by atomic mass is 35.5. The van der Waals surface area contributed by atoms with E-state index in [2.05, 4.69) is 50.1 Å². The van der Waals surface area contributed by atoms with Crippen LogP contribution in [0.15, 0.2) is 65.5 Å². The van der Waals surface area contributed by atoms with E-state index in [1.54, 1.807) is 31.4 Å². The lowest BCUT2D eigenvalue weighted by Gasteiger charge is -2.45. The van der Waals surface area contributed by atoms with Gasteiger partial charge in [-0.3, -0.25) is 19.3 Å². The minimum absolute atomic E-state index is 0.00319. The Bertz CT molecular complexity index is 2110. The van der Waals surface area contributed by atoms with Crippen LogP contribution in [-0.2, 0) is 32.7 Å². The van der Waals surface area contributed by atoms with Gasteiger partial charge in [-0.2, -0.15) is 0 Å². The van der Waals surface area contributed by atoms with E-state index < -0.39 is 11.5 Å². The van der Waals surface area contributed by atoms with Crippen molar-refractivity contribution in [2.45, 2.75) is 82.0 Å². The lowest BCUT2D eigenvalue weighted by molar-refractivity contribution is -0.167. The van der Waals surface area contributed by atoms with Crippen molar-refractivity contribution in [1.82, 2.24) is 20.5 Å². The molecule has 4 heterocycles. The minimum Gasteiger partial charge on any atom is -0.506 e. The number of nitrogens with zero attached hydrogens (tertiary/aromatic N) is 1. The number of aromatic amines is 1. The molecule has 304 valence electrons. The Kier molecular flexibility index (Phi) is 13.0. The molecule has 1 aliphatic carbocycles. The number of fused-ring (bicyclic) bond motifs is 4. The molecule has 2 atom stereocenters. The summed E-state index contributed by atoms with van der Waals surface area (Å²) in [5.74, 6) is 0.758. The van der Waals surface area contributed by atoms with Crippen LogP contribution in [0.1, 0.15) is 79.7 Å². The van der Waals surface area contributed by atoms with Crippen LogP contribution in [0, 0.1) is 5.92 Å². The zero-order valence-corrected chi connectivity index (χ0v) is 33.3. The summed E-state index contributed by atoms with van der Waals surface area (Å²) in [6, 6.07) is 17.9. The van der Waals surface area contributed by atoms with Crippen LogP contribution in [0.4, 0.5) is 5.69 Å². The SMILES string of the molecule is COc1cc(NCC(=O)NCCCc2cccc(C3(C(=O)O[C@H]4CN5CCC4CC5)CCCCC3)c2)c(Cl)cc1CNC[C@H](O)c1ccc(O)c2[nH]c(=O)ccc12. The summed E-state index contributed by atoms with van der Waals surface area (Å²) in [6.07, 6.45) is 7.68. The largest absolute Gasteiger partial charge is 0.506 e. The number of aromatic hydroxyl groups is 1. The number of hydrogen-bond acceptors (Lipinski definition) is 10. The maximum Gasteiger partial charge on any atom is 0.316 e. The van der Waals surface area contributed by atoms with Crippen LogP contribution in [0.25, 0.3) is 10.9 Å². The fourth-order valence-corrected chi connectivity index (χ4v) is 9.16. The first-order chi connectivity index (χ1) is 27.6. The van der Waals surface area contributed by atoms with Gasteiger partial charge in [0.1, 0.15) is 17.6 Å². The molecule has 0 radical (unpaired) electrons. The Hall–Kier alpha value is -4.62. The molecule has 4 aromatic rings. The highest BCUT2D eigenvalue weighted by molar-refractivity contribution is 6.33. The molecule has 1 amide bonds. The third-order valence-electron chi connectivity index (χ3n) is 12.1. The summed E-state index contributed by atoms with van der Waals surface area (Å²) >= 11 is 6.62. The summed E-state index contributed by atoms with van der Waals surface area (Å²) in [4.78, 5) is 43.6. The number of aryl methyl sites for hydroxylation is 1. The molecule has 4 fully saturated rings. The lowest BCUT2D eigenvalue weighted by atomic mass is 9.69. The fraction of sp³-hybridized carbons (Fsp3) is 0.477. The van der Waals surface area contributed by atoms with Crippen molar-refractivity contribution in [3.63, 3.8) is 0 Å². The molecule has 3 aromatic carbocycles. The Morgan fingerprint density at radius 2 is 1.86 bits per heavy atom. The number of amides is 1. The number of methoxy groups -OCH3 is 1.